The maximum atomic E-state index is 2.96. The van der Waals surface area contributed by atoms with Gasteiger partial charge in [-0.1, -0.05) is 89.6 Å². The predicted molar refractivity (Wildman–Crippen MR) is 147 cm³/mol. The molecule has 32 heavy (non-hydrogen) atoms. The van der Waals surface area contributed by atoms with E-state index in [4.69, 9.17) is 0 Å². The van der Waals surface area contributed by atoms with Crippen LogP contribution in [0.2, 0.25) is 23.2 Å². The number of hydrogen-bond acceptors (Lipinski definition) is 0. The molecular weight excluding hydrogens is 400 g/mol. The van der Waals surface area contributed by atoms with E-state index in [0.29, 0.717) is 32.5 Å². The van der Waals surface area contributed by atoms with Crippen molar-refractivity contribution in [2.45, 2.75) is 164 Å². The summed E-state index contributed by atoms with van der Waals surface area (Å²) < 4.78 is 0. The molecule has 3 rings (SSSR count). The van der Waals surface area contributed by atoms with Crippen LogP contribution in [0.25, 0.3) is 0 Å². The number of hydrogen-bond donors (Lipinski definition) is 0. The highest BCUT2D eigenvalue weighted by Crippen LogP contribution is 2.67. The van der Waals surface area contributed by atoms with Crippen molar-refractivity contribution < 1.29 is 0 Å². The molecule has 1 heteroatoms. The van der Waals surface area contributed by atoms with Crippen LogP contribution in [0.5, 0.6) is 0 Å². The molecule has 0 aromatic carbocycles. The molecule has 188 valence electrons. The second kappa shape index (κ2) is 7.86. The molecule has 0 aromatic heterocycles. The van der Waals surface area contributed by atoms with E-state index in [1.54, 1.807) is 0 Å². The van der Waals surface area contributed by atoms with E-state index < -0.39 is 8.07 Å². The van der Waals surface area contributed by atoms with Gasteiger partial charge in [0.25, 0.3) is 0 Å². The molecule has 0 amide bonds. The van der Waals surface area contributed by atoms with E-state index in [9.17, 15) is 0 Å². The highest BCUT2D eigenvalue weighted by atomic mass is 28.3. The molecule has 0 atom stereocenters. The lowest BCUT2D eigenvalue weighted by molar-refractivity contribution is 0.0867. The summed E-state index contributed by atoms with van der Waals surface area (Å²) in [5, 5.41) is 0. The fraction of sp³-hybridized carbons (Fsp3) is 1.00. The lowest BCUT2D eigenvalue weighted by Gasteiger charge is -2.61. The Morgan fingerprint density at radius 1 is 0.375 bits per heavy atom. The second-order valence-electron chi connectivity index (χ2n) is 18.2. The smallest absolute Gasteiger partial charge is 0.0599 e. The molecule has 0 heterocycles. The Hall–Kier alpha value is 0.217. The van der Waals surface area contributed by atoms with Crippen LogP contribution < -0.4 is 0 Å². The zero-order chi connectivity index (χ0) is 24.6. The highest BCUT2D eigenvalue weighted by Gasteiger charge is 2.58. The van der Waals surface area contributed by atoms with E-state index >= 15 is 0 Å². The van der Waals surface area contributed by atoms with Gasteiger partial charge >= 0.3 is 0 Å². The monoisotopic (exact) mass is 460 g/mol. The van der Waals surface area contributed by atoms with Gasteiger partial charge in [-0.25, -0.2) is 0 Å². The minimum absolute atomic E-state index is 0.500. The van der Waals surface area contributed by atoms with Gasteiger partial charge in [-0.3, -0.25) is 0 Å². The average Bonchev–Trinajstić information content (AvgIpc) is 2.44. The predicted octanol–water partition coefficient (Wildman–Crippen LogP) is 10.9. The zero-order valence-electron chi connectivity index (χ0n) is 24.6. The maximum absolute atomic E-state index is 2.96. The summed E-state index contributed by atoms with van der Waals surface area (Å²) in [4.78, 5) is 0. The van der Waals surface area contributed by atoms with Gasteiger partial charge in [0, 0.05) is 0 Å². The lowest BCUT2D eigenvalue weighted by Crippen LogP contribution is -2.56. The molecule has 3 aliphatic carbocycles. The Kier molecular flexibility index (Phi) is 6.59. The minimum Gasteiger partial charge on any atom is -0.0685 e. The van der Waals surface area contributed by atoms with Crippen molar-refractivity contribution in [3.05, 3.63) is 0 Å². The van der Waals surface area contributed by atoms with Gasteiger partial charge < -0.3 is 0 Å². The van der Waals surface area contributed by atoms with E-state index in [-0.39, 0.29) is 0 Å². The van der Waals surface area contributed by atoms with E-state index in [1.165, 1.54) is 57.8 Å². The molecule has 0 bridgehead atoms. The first kappa shape index (κ1) is 26.8. The third-order valence-corrected chi connectivity index (χ3v) is 16.8. The second-order valence-corrected chi connectivity index (χ2v) is 23.4. The van der Waals surface area contributed by atoms with Crippen molar-refractivity contribution in [2.75, 3.05) is 0 Å². The molecule has 0 N–H and O–H groups in total. The highest BCUT2D eigenvalue weighted by molar-refractivity contribution is 6.82. The molecule has 0 aliphatic heterocycles. The molecule has 0 spiro atoms. The standard InChI is InChI=1S/C31H60Si/c1-26(2)14-23(15-27(3,4)20-26)32(13,24-16-28(5,6)21-29(7,8)17-24)25-18-30(9,10)22-31(11,12)19-25/h23-25H,14-22H2,1-13H3. The molecular formula is C31H60Si. The van der Waals surface area contributed by atoms with E-state index in [1.807, 2.05) is 0 Å². The molecule has 0 nitrogen and oxygen atoms in total. The third kappa shape index (κ3) is 5.88. The molecule has 3 saturated carbocycles. The molecule has 0 saturated heterocycles. The minimum atomic E-state index is -1.58. The molecule has 3 aliphatic rings. The van der Waals surface area contributed by atoms with Gasteiger partial charge in [0.05, 0.1) is 8.07 Å². The van der Waals surface area contributed by atoms with Crippen LogP contribution in [0.3, 0.4) is 0 Å². The van der Waals surface area contributed by atoms with Crippen LogP contribution in [0, 0.1) is 32.5 Å². The molecule has 0 aromatic rings. The van der Waals surface area contributed by atoms with Gasteiger partial charge in [-0.2, -0.15) is 0 Å². The Bertz CT molecular complexity index is 548. The summed E-state index contributed by atoms with van der Waals surface area (Å²) in [6.45, 7) is 34.1. The molecule has 0 unspecified atom stereocenters. The summed E-state index contributed by atoms with van der Waals surface area (Å²) in [7, 11) is -1.58. The van der Waals surface area contributed by atoms with Crippen LogP contribution in [-0.2, 0) is 0 Å². The summed E-state index contributed by atoms with van der Waals surface area (Å²) in [5.41, 5.74) is 5.97. The lowest BCUT2D eigenvalue weighted by atomic mass is 9.64. The summed E-state index contributed by atoms with van der Waals surface area (Å²) in [5.74, 6) is 0. The Balaban J connectivity index is 2.11. The average molecular weight is 461 g/mol. The van der Waals surface area contributed by atoms with Crippen molar-refractivity contribution in [1.29, 1.82) is 0 Å². The first-order valence-electron chi connectivity index (χ1n) is 14.1. The normalized spacial score (nSPS) is 32.5. The van der Waals surface area contributed by atoms with Crippen LogP contribution in [0.15, 0.2) is 0 Å². The Morgan fingerprint density at radius 2 is 0.531 bits per heavy atom. The quantitative estimate of drug-likeness (QED) is 0.367. The Morgan fingerprint density at radius 3 is 0.688 bits per heavy atom. The van der Waals surface area contributed by atoms with Gasteiger partial charge in [0.2, 0.25) is 0 Å². The van der Waals surface area contributed by atoms with Crippen molar-refractivity contribution in [3.63, 3.8) is 0 Å². The third-order valence-electron chi connectivity index (χ3n) is 10.3. The van der Waals surface area contributed by atoms with E-state index in [2.05, 4.69) is 89.6 Å². The molecule has 3 fully saturated rings. The van der Waals surface area contributed by atoms with Gasteiger partial charge in [-0.05, 0) is 107 Å². The largest absolute Gasteiger partial charge is 0.0685 e. The van der Waals surface area contributed by atoms with Gasteiger partial charge in [0.15, 0.2) is 0 Å². The van der Waals surface area contributed by atoms with Crippen molar-refractivity contribution >= 4 is 8.07 Å². The van der Waals surface area contributed by atoms with Crippen molar-refractivity contribution in [1.82, 2.24) is 0 Å². The van der Waals surface area contributed by atoms with Crippen molar-refractivity contribution in [3.8, 4) is 0 Å². The van der Waals surface area contributed by atoms with Crippen molar-refractivity contribution in [2.24, 2.45) is 32.5 Å². The fourth-order valence-electron chi connectivity index (χ4n) is 10.9. The summed E-state index contributed by atoms with van der Waals surface area (Å²) in [6.07, 6.45) is 13.2. The summed E-state index contributed by atoms with van der Waals surface area (Å²) in [6, 6.07) is 0. The zero-order valence-corrected chi connectivity index (χ0v) is 25.6. The SMILES string of the molecule is CC1(C)CC([Si](C)(C2CC(C)(C)CC(C)(C)C2)C2CC(C)(C)CC(C)(C)C2)CC(C)(C)C1. The van der Waals surface area contributed by atoms with Gasteiger partial charge in [-0.15, -0.1) is 0 Å². The number of rotatable bonds is 3. The van der Waals surface area contributed by atoms with Crippen LogP contribution in [-0.4, -0.2) is 8.07 Å². The van der Waals surface area contributed by atoms with Crippen LogP contribution in [0.4, 0.5) is 0 Å². The fourth-order valence-corrected chi connectivity index (χ4v) is 18.8. The molecule has 0 radical (unpaired) electrons. The summed E-state index contributed by atoms with van der Waals surface area (Å²) >= 11 is 0. The Labute approximate surface area is 204 Å². The first-order valence-corrected chi connectivity index (χ1v) is 16.8. The van der Waals surface area contributed by atoms with Crippen LogP contribution >= 0.6 is 0 Å². The van der Waals surface area contributed by atoms with E-state index in [0.717, 1.165) is 16.6 Å². The first-order chi connectivity index (χ1) is 14.1. The topological polar surface area (TPSA) is 0 Å². The maximum Gasteiger partial charge on any atom is 0.0599 e. The van der Waals surface area contributed by atoms with Gasteiger partial charge in [0.1, 0.15) is 0 Å². The van der Waals surface area contributed by atoms with Crippen LogP contribution in [0.1, 0.15) is 141 Å².